The van der Waals surface area contributed by atoms with Crippen LogP contribution in [0.5, 0.6) is 11.6 Å². The van der Waals surface area contributed by atoms with E-state index in [0.717, 1.165) is 29.4 Å². The van der Waals surface area contributed by atoms with E-state index in [0.29, 0.717) is 5.88 Å². The molecular weight excluding hydrogens is 258 g/mol. The molecule has 0 bridgehead atoms. The SMILES string of the molecule is CCNCc1cnc(Oc2ccccc2SC)cn1. The van der Waals surface area contributed by atoms with Crippen LogP contribution in [0.4, 0.5) is 0 Å². The van der Waals surface area contributed by atoms with Crippen molar-refractivity contribution in [2.75, 3.05) is 12.8 Å². The fourth-order valence-corrected chi connectivity index (χ4v) is 2.08. The summed E-state index contributed by atoms with van der Waals surface area (Å²) in [6.45, 7) is 3.70. The second kappa shape index (κ2) is 7.11. The van der Waals surface area contributed by atoms with Crippen molar-refractivity contribution in [1.29, 1.82) is 0 Å². The molecule has 0 radical (unpaired) electrons. The molecule has 1 aromatic carbocycles. The van der Waals surface area contributed by atoms with Crippen molar-refractivity contribution in [1.82, 2.24) is 15.3 Å². The average molecular weight is 275 g/mol. The highest BCUT2D eigenvalue weighted by Gasteiger charge is 2.04. The summed E-state index contributed by atoms with van der Waals surface area (Å²) in [5, 5.41) is 3.21. The fourth-order valence-electron chi connectivity index (χ4n) is 1.56. The largest absolute Gasteiger partial charge is 0.436 e. The van der Waals surface area contributed by atoms with Crippen LogP contribution in [0.3, 0.4) is 0 Å². The first kappa shape index (κ1) is 13.8. The lowest BCUT2D eigenvalue weighted by Crippen LogP contribution is -2.13. The van der Waals surface area contributed by atoms with E-state index < -0.39 is 0 Å². The van der Waals surface area contributed by atoms with Crippen LogP contribution in [0.2, 0.25) is 0 Å². The summed E-state index contributed by atoms with van der Waals surface area (Å²) in [5.41, 5.74) is 0.910. The molecular formula is C14H17N3OS. The zero-order chi connectivity index (χ0) is 13.5. The average Bonchev–Trinajstić information content (AvgIpc) is 2.47. The molecule has 0 saturated heterocycles. The van der Waals surface area contributed by atoms with Gasteiger partial charge in [0.15, 0.2) is 0 Å². The number of thioether (sulfide) groups is 1. The van der Waals surface area contributed by atoms with E-state index >= 15 is 0 Å². The Morgan fingerprint density at radius 3 is 2.74 bits per heavy atom. The number of benzene rings is 1. The van der Waals surface area contributed by atoms with Gasteiger partial charge in [0, 0.05) is 11.4 Å². The maximum atomic E-state index is 5.74. The number of para-hydroxylation sites is 1. The van der Waals surface area contributed by atoms with Gasteiger partial charge in [-0.25, -0.2) is 4.98 Å². The first-order chi connectivity index (χ1) is 9.33. The molecule has 5 heteroatoms. The number of ether oxygens (including phenoxy) is 1. The lowest BCUT2D eigenvalue weighted by Gasteiger charge is -2.08. The van der Waals surface area contributed by atoms with Gasteiger partial charge in [0.1, 0.15) is 5.75 Å². The summed E-state index contributed by atoms with van der Waals surface area (Å²) in [6, 6.07) is 7.89. The van der Waals surface area contributed by atoms with E-state index in [4.69, 9.17) is 4.74 Å². The van der Waals surface area contributed by atoms with Crippen molar-refractivity contribution >= 4 is 11.8 Å². The van der Waals surface area contributed by atoms with Crippen molar-refractivity contribution in [2.24, 2.45) is 0 Å². The molecule has 2 rings (SSSR count). The molecule has 100 valence electrons. The van der Waals surface area contributed by atoms with Crippen molar-refractivity contribution in [2.45, 2.75) is 18.4 Å². The lowest BCUT2D eigenvalue weighted by atomic mass is 10.3. The van der Waals surface area contributed by atoms with E-state index in [1.165, 1.54) is 0 Å². The highest BCUT2D eigenvalue weighted by Crippen LogP contribution is 2.29. The maximum absolute atomic E-state index is 5.74. The maximum Gasteiger partial charge on any atom is 0.237 e. The van der Waals surface area contributed by atoms with Crippen LogP contribution in [0, 0.1) is 0 Å². The molecule has 0 saturated carbocycles. The van der Waals surface area contributed by atoms with Crippen LogP contribution >= 0.6 is 11.8 Å². The van der Waals surface area contributed by atoms with E-state index in [1.807, 2.05) is 30.5 Å². The van der Waals surface area contributed by atoms with Gasteiger partial charge in [-0.2, -0.15) is 0 Å². The van der Waals surface area contributed by atoms with Crippen molar-refractivity contribution in [3.05, 3.63) is 42.4 Å². The fraction of sp³-hybridized carbons (Fsp3) is 0.286. The summed E-state index contributed by atoms with van der Waals surface area (Å²) < 4.78 is 5.74. The Hall–Kier alpha value is -1.59. The van der Waals surface area contributed by atoms with Crippen LogP contribution < -0.4 is 10.1 Å². The molecule has 0 aliphatic heterocycles. The van der Waals surface area contributed by atoms with Crippen molar-refractivity contribution < 1.29 is 4.74 Å². The number of aromatic nitrogens is 2. The predicted molar refractivity (Wildman–Crippen MR) is 77.7 cm³/mol. The molecule has 1 aromatic heterocycles. The minimum Gasteiger partial charge on any atom is -0.436 e. The topological polar surface area (TPSA) is 47.0 Å². The van der Waals surface area contributed by atoms with Crippen molar-refractivity contribution in [3.8, 4) is 11.6 Å². The Morgan fingerprint density at radius 1 is 1.21 bits per heavy atom. The minimum atomic E-state index is 0.516. The summed E-state index contributed by atoms with van der Waals surface area (Å²) in [6.07, 6.45) is 5.41. The first-order valence-corrected chi connectivity index (χ1v) is 7.38. The van der Waals surface area contributed by atoms with Gasteiger partial charge in [-0.3, -0.25) is 4.98 Å². The minimum absolute atomic E-state index is 0.516. The van der Waals surface area contributed by atoms with Gasteiger partial charge in [0.2, 0.25) is 5.88 Å². The van der Waals surface area contributed by atoms with Gasteiger partial charge in [-0.15, -0.1) is 11.8 Å². The Morgan fingerprint density at radius 2 is 2.05 bits per heavy atom. The van der Waals surface area contributed by atoms with Crippen molar-refractivity contribution in [3.63, 3.8) is 0 Å². The van der Waals surface area contributed by atoms with Gasteiger partial charge in [-0.05, 0) is 24.9 Å². The van der Waals surface area contributed by atoms with E-state index in [2.05, 4.69) is 22.2 Å². The number of nitrogens with zero attached hydrogens (tertiary/aromatic N) is 2. The first-order valence-electron chi connectivity index (χ1n) is 6.16. The quantitative estimate of drug-likeness (QED) is 0.821. The third kappa shape index (κ3) is 3.94. The van der Waals surface area contributed by atoms with Crippen LogP contribution in [-0.2, 0) is 6.54 Å². The van der Waals surface area contributed by atoms with Gasteiger partial charge in [-0.1, -0.05) is 19.1 Å². The molecule has 2 aromatic rings. The van der Waals surface area contributed by atoms with Gasteiger partial charge in [0.05, 0.1) is 18.1 Å². The van der Waals surface area contributed by atoms with Crippen LogP contribution in [0.25, 0.3) is 0 Å². The van der Waals surface area contributed by atoms with Gasteiger partial charge >= 0.3 is 0 Å². The molecule has 0 aliphatic carbocycles. The third-order valence-electron chi connectivity index (χ3n) is 2.52. The molecule has 19 heavy (non-hydrogen) atoms. The Labute approximate surface area is 117 Å². The summed E-state index contributed by atoms with van der Waals surface area (Å²) >= 11 is 1.65. The lowest BCUT2D eigenvalue weighted by molar-refractivity contribution is 0.448. The molecule has 0 aliphatic rings. The normalized spacial score (nSPS) is 10.4. The van der Waals surface area contributed by atoms with Gasteiger partial charge in [0.25, 0.3) is 0 Å². The monoisotopic (exact) mass is 275 g/mol. The Kier molecular flexibility index (Phi) is 5.18. The number of hydrogen-bond donors (Lipinski definition) is 1. The van der Waals surface area contributed by atoms with E-state index in [1.54, 1.807) is 24.2 Å². The molecule has 1 heterocycles. The second-order valence-electron chi connectivity index (χ2n) is 3.88. The second-order valence-corrected chi connectivity index (χ2v) is 4.73. The highest BCUT2D eigenvalue weighted by atomic mass is 32.2. The summed E-state index contributed by atoms with van der Waals surface area (Å²) in [4.78, 5) is 9.66. The number of rotatable bonds is 6. The molecule has 0 unspecified atom stereocenters. The van der Waals surface area contributed by atoms with Crippen LogP contribution in [-0.4, -0.2) is 22.8 Å². The summed E-state index contributed by atoms with van der Waals surface area (Å²) in [5.74, 6) is 1.32. The number of nitrogens with one attached hydrogen (secondary N) is 1. The standard InChI is InChI=1S/C14H17N3OS/c1-3-15-8-11-9-17-14(10-16-11)18-12-6-4-5-7-13(12)19-2/h4-7,9-10,15H,3,8H2,1-2H3. The van der Waals surface area contributed by atoms with Gasteiger partial charge < -0.3 is 10.1 Å². The molecule has 4 nitrogen and oxygen atoms in total. The van der Waals surface area contributed by atoms with Crippen LogP contribution in [0.1, 0.15) is 12.6 Å². The third-order valence-corrected chi connectivity index (χ3v) is 3.30. The predicted octanol–water partition coefficient (Wildman–Crippen LogP) is 3.10. The summed E-state index contributed by atoms with van der Waals surface area (Å²) in [7, 11) is 0. The van der Waals surface area contributed by atoms with Crippen LogP contribution in [0.15, 0.2) is 41.6 Å². The molecule has 1 N–H and O–H groups in total. The molecule has 0 fully saturated rings. The zero-order valence-electron chi connectivity index (χ0n) is 11.1. The highest BCUT2D eigenvalue weighted by molar-refractivity contribution is 7.98. The smallest absolute Gasteiger partial charge is 0.237 e. The Bertz CT molecular complexity index is 516. The zero-order valence-corrected chi connectivity index (χ0v) is 11.9. The molecule has 0 atom stereocenters. The number of hydrogen-bond acceptors (Lipinski definition) is 5. The van der Waals surface area contributed by atoms with E-state index in [-0.39, 0.29) is 0 Å². The molecule has 0 amide bonds. The Balaban J connectivity index is 2.06. The van der Waals surface area contributed by atoms with E-state index in [9.17, 15) is 0 Å². The molecule has 0 spiro atoms.